The predicted octanol–water partition coefficient (Wildman–Crippen LogP) is -0.0760. The number of aliphatic imine (C=N–C) groups is 1. The van der Waals surface area contributed by atoms with Gasteiger partial charge in [0.15, 0.2) is 0 Å². The summed E-state index contributed by atoms with van der Waals surface area (Å²) in [4.78, 5) is 4.15. The van der Waals surface area contributed by atoms with E-state index in [1.807, 2.05) is 26.0 Å². The maximum absolute atomic E-state index is 4.25. The zero-order valence-corrected chi connectivity index (χ0v) is 7.42. The SMILES string of the molecule is CN=C1C(C)=NN(C)C1NC. The lowest BCUT2D eigenvalue weighted by Crippen LogP contribution is -2.42. The van der Waals surface area contributed by atoms with Gasteiger partial charge >= 0.3 is 0 Å². The van der Waals surface area contributed by atoms with Gasteiger partial charge in [-0.2, -0.15) is 5.10 Å². The van der Waals surface area contributed by atoms with Gasteiger partial charge in [0.25, 0.3) is 0 Å². The molecule has 1 N–H and O–H groups in total. The maximum Gasteiger partial charge on any atom is 0.140 e. The molecule has 0 aromatic rings. The van der Waals surface area contributed by atoms with E-state index in [2.05, 4.69) is 15.4 Å². The van der Waals surface area contributed by atoms with E-state index < -0.39 is 0 Å². The summed E-state index contributed by atoms with van der Waals surface area (Å²) in [5.41, 5.74) is 2.02. The highest BCUT2D eigenvalue weighted by molar-refractivity contribution is 6.44. The molecule has 1 heterocycles. The molecule has 0 fully saturated rings. The van der Waals surface area contributed by atoms with E-state index in [1.54, 1.807) is 7.05 Å². The third-order valence-corrected chi connectivity index (χ3v) is 1.83. The predicted molar refractivity (Wildman–Crippen MR) is 47.1 cm³/mol. The minimum atomic E-state index is 0.153. The first-order valence-corrected chi connectivity index (χ1v) is 3.63. The topological polar surface area (TPSA) is 40.0 Å². The highest BCUT2D eigenvalue weighted by atomic mass is 15.5. The van der Waals surface area contributed by atoms with Gasteiger partial charge in [-0.1, -0.05) is 0 Å². The average molecular weight is 154 g/mol. The smallest absolute Gasteiger partial charge is 0.140 e. The zero-order valence-electron chi connectivity index (χ0n) is 7.42. The Balaban J connectivity index is 2.86. The number of rotatable bonds is 1. The summed E-state index contributed by atoms with van der Waals surface area (Å²) in [5.74, 6) is 0. The lowest BCUT2D eigenvalue weighted by atomic mass is 10.2. The first-order valence-electron chi connectivity index (χ1n) is 3.63. The first kappa shape index (κ1) is 8.20. The molecule has 0 saturated heterocycles. The fourth-order valence-corrected chi connectivity index (χ4v) is 1.33. The molecule has 0 saturated carbocycles. The summed E-state index contributed by atoms with van der Waals surface area (Å²) in [6.07, 6.45) is 0.153. The molecule has 1 aliphatic rings. The molecule has 11 heavy (non-hydrogen) atoms. The van der Waals surface area contributed by atoms with Crippen LogP contribution in [0.25, 0.3) is 0 Å². The van der Waals surface area contributed by atoms with Crippen molar-refractivity contribution in [1.82, 2.24) is 10.3 Å². The summed E-state index contributed by atoms with van der Waals surface area (Å²) in [6, 6.07) is 0. The Bertz CT molecular complexity index is 206. The Morgan fingerprint density at radius 2 is 2.27 bits per heavy atom. The van der Waals surface area contributed by atoms with Crippen LogP contribution < -0.4 is 5.32 Å². The molecular formula is C7H14N4. The van der Waals surface area contributed by atoms with Crippen molar-refractivity contribution >= 4 is 11.4 Å². The van der Waals surface area contributed by atoms with Crippen molar-refractivity contribution in [2.75, 3.05) is 21.1 Å². The molecule has 0 spiro atoms. The monoisotopic (exact) mass is 154 g/mol. The lowest BCUT2D eigenvalue weighted by molar-refractivity contribution is 0.299. The summed E-state index contributed by atoms with van der Waals surface area (Å²) in [7, 11) is 5.63. The van der Waals surface area contributed by atoms with E-state index in [1.165, 1.54) is 0 Å². The molecule has 0 aliphatic carbocycles. The molecular weight excluding hydrogens is 140 g/mol. The van der Waals surface area contributed by atoms with E-state index in [0.29, 0.717) is 0 Å². The number of hydrazone groups is 1. The van der Waals surface area contributed by atoms with Crippen LogP contribution in [0.15, 0.2) is 10.1 Å². The highest BCUT2D eigenvalue weighted by Crippen LogP contribution is 2.07. The molecule has 0 aromatic carbocycles. The first-order chi connectivity index (χ1) is 5.20. The van der Waals surface area contributed by atoms with Crippen LogP contribution >= 0.6 is 0 Å². The van der Waals surface area contributed by atoms with Crippen molar-refractivity contribution in [1.29, 1.82) is 0 Å². The molecule has 0 bridgehead atoms. The highest BCUT2D eigenvalue weighted by Gasteiger charge is 2.26. The second-order valence-corrected chi connectivity index (χ2v) is 2.56. The molecule has 0 radical (unpaired) electrons. The average Bonchev–Trinajstić information content (AvgIpc) is 2.24. The Labute approximate surface area is 67.0 Å². The van der Waals surface area contributed by atoms with Crippen LogP contribution in [0.5, 0.6) is 0 Å². The number of hydrogen-bond donors (Lipinski definition) is 1. The van der Waals surface area contributed by atoms with Crippen LogP contribution in [-0.2, 0) is 0 Å². The molecule has 1 aliphatic heterocycles. The second-order valence-electron chi connectivity index (χ2n) is 2.56. The number of hydrogen-bond acceptors (Lipinski definition) is 4. The van der Waals surface area contributed by atoms with Crippen molar-refractivity contribution in [3.05, 3.63) is 0 Å². The third kappa shape index (κ3) is 1.26. The Morgan fingerprint density at radius 3 is 2.64 bits per heavy atom. The fraction of sp³-hybridized carbons (Fsp3) is 0.714. The summed E-state index contributed by atoms with van der Waals surface area (Å²) >= 11 is 0. The van der Waals surface area contributed by atoms with E-state index in [0.717, 1.165) is 11.4 Å². The van der Waals surface area contributed by atoms with Crippen LogP contribution in [-0.4, -0.2) is 43.7 Å². The molecule has 0 aromatic heterocycles. The summed E-state index contributed by atoms with van der Waals surface area (Å²) in [6.45, 7) is 1.97. The van der Waals surface area contributed by atoms with E-state index in [4.69, 9.17) is 0 Å². The summed E-state index contributed by atoms with van der Waals surface area (Å²) in [5, 5.41) is 9.25. The minimum absolute atomic E-state index is 0.153. The largest absolute Gasteiger partial charge is 0.294 e. The molecule has 4 nitrogen and oxygen atoms in total. The van der Waals surface area contributed by atoms with Gasteiger partial charge in [-0.3, -0.25) is 15.3 Å². The number of nitrogens with one attached hydrogen (secondary N) is 1. The Kier molecular flexibility index (Phi) is 2.24. The summed E-state index contributed by atoms with van der Waals surface area (Å²) < 4.78 is 0. The van der Waals surface area contributed by atoms with Gasteiger partial charge in [-0.15, -0.1) is 0 Å². The normalized spacial score (nSPS) is 28.0. The van der Waals surface area contributed by atoms with Gasteiger partial charge in [0.05, 0.1) is 11.4 Å². The zero-order chi connectivity index (χ0) is 8.43. The molecule has 4 heteroatoms. The maximum atomic E-state index is 4.25. The van der Waals surface area contributed by atoms with E-state index in [9.17, 15) is 0 Å². The molecule has 0 amide bonds. The Hall–Kier alpha value is -0.900. The van der Waals surface area contributed by atoms with Crippen molar-refractivity contribution in [3.8, 4) is 0 Å². The van der Waals surface area contributed by atoms with Crippen molar-refractivity contribution in [3.63, 3.8) is 0 Å². The van der Waals surface area contributed by atoms with E-state index >= 15 is 0 Å². The third-order valence-electron chi connectivity index (χ3n) is 1.83. The van der Waals surface area contributed by atoms with E-state index in [-0.39, 0.29) is 6.17 Å². The van der Waals surface area contributed by atoms with Crippen LogP contribution in [0, 0.1) is 0 Å². The van der Waals surface area contributed by atoms with Crippen LogP contribution in [0.2, 0.25) is 0 Å². The molecule has 62 valence electrons. The molecule has 1 atom stereocenters. The van der Waals surface area contributed by atoms with Crippen molar-refractivity contribution < 1.29 is 0 Å². The quantitative estimate of drug-likeness (QED) is 0.574. The fourth-order valence-electron chi connectivity index (χ4n) is 1.33. The second kappa shape index (κ2) is 3.00. The molecule has 1 rings (SSSR count). The van der Waals surface area contributed by atoms with Crippen LogP contribution in [0.4, 0.5) is 0 Å². The van der Waals surface area contributed by atoms with Crippen LogP contribution in [0.3, 0.4) is 0 Å². The van der Waals surface area contributed by atoms with Crippen molar-refractivity contribution in [2.45, 2.75) is 13.1 Å². The standard InChI is InChI=1S/C7H14N4/c1-5-6(8-2)7(9-3)11(4)10-5/h7,9H,1-4H3. The number of nitrogens with zero attached hydrogens (tertiary/aromatic N) is 3. The van der Waals surface area contributed by atoms with Gasteiger partial charge < -0.3 is 0 Å². The van der Waals surface area contributed by atoms with Gasteiger partial charge in [-0.25, -0.2) is 0 Å². The Morgan fingerprint density at radius 1 is 1.64 bits per heavy atom. The van der Waals surface area contributed by atoms with Gasteiger partial charge in [-0.05, 0) is 14.0 Å². The van der Waals surface area contributed by atoms with Crippen LogP contribution in [0.1, 0.15) is 6.92 Å². The van der Waals surface area contributed by atoms with Gasteiger partial charge in [0, 0.05) is 14.1 Å². The minimum Gasteiger partial charge on any atom is -0.294 e. The molecule has 1 unspecified atom stereocenters. The van der Waals surface area contributed by atoms with Crippen molar-refractivity contribution in [2.24, 2.45) is 10.1 Å². The van der Waals surface area contributed by atoms with Gasteiger partial charge in [0.1, 0.15) is 6.17 Å². The lowest BCUT2D eigenvalue weighted by Gasteiger charge is -2.17. The van der Waals surface area contributed by atoms with Gasteiger partial charge in [0.2, 0.25) is 0 Å².